The molecule has 2 aliphatic rings. The average molecular weight is 383 g/mol. The van der Waals surface area contributed by atoms with Crippen molar-refractivity contribution in [2.45, 2.75) is 42.7 Å². The van der Waals surface area contributed by atoms with Crippen molar-refractivity contribution in [3.05, 3.63) is 18.2 Å². The molecular formula is C17H25N3O5S. The lowest BCUT2D eigenvalue weighted by atomic mass is 10.2. The number of aliphatic hydroxyl groups is 1. The van der Waals surface area contributed by atoms with Gasteiger partial charge in [-0.15, -0.1) is 0 Å². The summed E-state index contributed by atoms with van der Waals surface area (Å²) in [6.07, 6.45) is 2.50. The van der Waals surface area contributed by atoms with Gasteiger partial charge in [-0.2, -0.15) is 4.31 Å². The second-order valence-electron chi connectivity index (χ2n) is 6.67. The first-order valence-corrected chi connectivity index (χ1v) is 10.3. The largest absolute Gasteiger partial charge is 0.495 e. The number of amides is 1. The van der Waals surface area contributed by atoms with E-state index in [0.717, 1.165) is 19.3 Å². The molecule has 1 aromatic carbocycles. The zero-order valence-corrected chi connectivity index (χ0v) is 15.6. The highest BCUT2D eigenvalue weighted by Crippen LogP contribution is 2.31. The standard InChI is InChI=1S/C17H25N3O5S/c1-25-15-6-5-12(19-17(22)14-10-13(21)11-18-14)9-16(15)26(23,24)20-7-3-2-4-8-20/h5-6,9,13-14,18,21H,2-4,7-8,10-11H2,1H3,(H,19,22). The number of benzene rings is 1. The van der Waals surface area contributed by atoms with Gasteiger partial charge in [0.05, 0.1) is 19.3 Å². The number of β-amino-alcohol motifs (C(OH)–C–C–N with tert-alkyl or cyclic N) is 1. The van der Waals surface area contributed by atoms with E-state index in [9.17, 15) is 18.3 Å². The van der Waals surface area contributed by atoms with Crippen LogP contribution >= 0.6 is 0 Å². The maximum Gasteiger partial charge on any atom is 0.246 e. The van der Waals surface area contributed by atoms with Gasteiger partial charge >= 0.3 is 0 Å². The van der Waals surface area contributed by atoms with E-state index < -0.39 is 22.2 Å². The fraction of sp³-hybridized carbons (Fsp3) is 0.588. The summed E-state index contributed by atoms with van der Waals surface area (Å²) < 4.78 is 32.7. The monoisotopic (exact) mass is 383 g/mol. The van der Waals surface area contributed by atoms with Crippen LogP contribution in [0.1, 0.15) is 25.7 Å². The maximum atomic E-state index is 13.0. The van der Waals surface area contributed by atoms with Crippen molar-refractivity contribution in [2.75, 3.05) is 32.1 Å². The number of nitrogens with one attached hydrogen (secondary N) is 2. The van der Waals surface area contributed by atoms with E-state index in [1.807, 2.05) is 0 Å². The lowest BCUT2D eigenvalue weighted by Crippen LogP contribution is -2.36. The van der Waals surface area contributed by atoms with Crippen LogP contribution in [-0.2, 0) is 14.8 Å². The quantitative estimate of drug-likeness (QED) is 0.685. The summed E-state index contributed by atoms with van der Waals surface area (Å²) in [5.41, 5.74) is 0.384. The third-order valence-corrected chi connectivity index (χ3v) is 6.71. The summed E-state index contributed by atoms with van der Waals surface area (Å²) >= 11 is 0. The van der Waals surface area contributed by atoms with E-state index >= 15 is 0 Å². The van der Waals surface area contributed by atoms with Gasteiger partial charge in [0.15, 0.2) is 0 Å². The smallest absolute Gasteiger partial charge is 0.246 e. The van der Waals surface area contributed by atoms with E-state index in [-0.39, 0.29) is 16.6 Å². The SMILES string of the molecule is COc1ccc(NC(=O)C2CC(O)CN2)cc1S(=O)(=O)N1CCCCC1. The van der Waals surface area contributed by atoms with Crippen LogP contribution in [0.4, 0.5) is 5.69 Å². The Morgan fingerprint density at radius 3 is 2.65 bits per heavy atom. The summed E-state index contributed by atoms with van der Waals surface area (Å²) in [7, 11) is -2.27. The van der Waals surface area contributed by atoms with Gasteiger partial charge in [-0.05, 0) is 37.5 Å². The van der Waals surface area contributed by atoms with Crippen LogP contribution in [0.5, 0.6) is 5.75 Å². The number of hydrogen-bond donors (Lipinski definition) is 3. The van der Waals surface area contributed by atoms with Crippen LogP contribution in [0, 0.1) is 0 Å². The number of carbonyl (C=O) groups is 1. The molecule has 2 saturated heterocycles. The number of anilines is 1. The molecule has 1 amide bonds. The number of nitrogens with zero attached hydrogens (tertiary/aromatic N) is 1. The van der Waals surface area contributed by atoms with Crippen molar-refractivity contribution in [3.8, 4) is 5.75 Å². The van der Waals surface area contributed by atoms with Crippen LogP contribution < -0.4 is 15.4 Å². The van der Waals surface area contributed by atoms with E-state index in [0.29, 0.717) is 31.7 Å². The summed E-state index contributed by atoms with van der Waals surface area (Å²) in [4.78, 5) is 12.4. The minimum atomic E-state index is -3.69. The zero-order valence-electron chi connectivity index (χ0n) is 14.8. The number of aliphatic hydroxyl groups excluding tert-OH is 1. The Bertz CT molecular complexity index is 762. The number of piperidine rings is 1. The highest BCUT2D eigenvalue weighted by atomic mass is 32.2. The Balaban J connectivity index is 1.83. The molecule has 3 N–H and O–H groups in total. The van der Waals surface area contributed by atoms with Crippen molar-refractivity contribution in [3.63, 3.8) is 0 Å². The van der Waals surface area contributed by atoms with Gasteiger partial charge < -0.3 is 20.5 Å². The van der Waals surface area contributed by atoms with Crippen LogP contribution in [0.25, 0.3) is 0 Å². The van der Waals surface area contributed by atoms with Gasteiger partial charge in [-0.1, -0.05) is 6.42 Å². The van der Waals surface area contributed by atoms with Crippen LogP contribution in [-0.4, -0.2) is 62.6 Å². The summed E-state index contributed by atoms with van der Waals surface area (Å²) in [6.45, 7) is 1.35. The average Bonchev–Trinajstić information content (AvgIpc) is 3.09. The molecule has 0 aliphatic carbocycles. The molecule has 2 fully saturated rings. The molecule has 144 valence electrons. The molecule has 0 bridgehead atoms. The van der Waals surface area contributed by atoms with E-state index in [1.165, 1.54) is 17.5 Å². The molecule has 26 heavy (non-hydrogen) atoms. The van der Waals surface area contributed by atoms with Crippen LogP contribution in [0.3, 0.4) is 0 Å². The second kappa shape index (κ2) is 7.91. The predicted octanol–water partition coefficient (Wildman–Crippen LogP) is 0.531. The molecule has 0 aromatic heterocycles. The van der Waals surface area contributed by atoms with Crippen molar-refractivity contribution in [2.24, 2.45) is 0 Å². The number of sulfonamides is 1. The van der Waals surface area contributed by atoms with E-state index in [4.69, 9.17) is 4.74 Å². The normalized spacial score (nSPS) is 24.4. The molecule has 0 spiro atoms. The summed E-state index contributed by atoms with van der Waals surface area (Å²) in [5, 5.41) is 15.2. The Morgan fingerprint density at radius 2 is 2.04 bits per heavy atom. The number of methoxy groups -OCH3 is 1. The van der Waals surface area contributed by atoms with Gasteiger partial charge in [0.2, 0.25) is 15.9 Å². The molecular weight excluding hydrogens is 358 g/mol. The van der Waals surface area contributed by atoms with Gasteiger partial charge in [0.25, 0.3) is 0 Å². The van der Waals surface area contributed by atoms with Crippen molar-refractivity contribution in [1.29, 1.82) is 0 Å². The Morgan fingerprint density at radius 1 is 1.31 bits per heavy atom. The van der Waals surface area contributed by atoms with Gasteiger partial charge in [0, 0.05) is 25.3 Å². The molecule has 3 rings (SSSR count). The third kappa shape index (κ3) is 4.01. The Hall–Kier alpha value is -1.68. The lowest BCUT2D eigenvalue weighted by Gasteiger charge is -2.26. The van der Waals surface area contributed by atoms with Crippen molar-refractivity contribution in [1.82, 2.24) is 9.62 Å². The van der Waals surface area contributed by atoms with Crippen LogP contribution in [0.15, 0.2) is 23.1 Å². The first kappa shape index (κ1) is 19.1. The molecule has 2 unspecified atom stereocenters. The maximum absolute atomic E-state index is 13.0. The highest BCUT2D eigenvalue weighted by Gasteiger charge is 2.31. The first-order chi connectivity index (χ1) is 12.4. The fourth-order valence-corrected chi connectivity index (χ4v) is 5.05. The molecule has 1 aromatic rings. The van der Waals surface area contributed by atoms with Crippen LogP contribution in [0.2, 0.25) is 0 Å². The third-order valence-electron chi connectivity index (χ3n) is 4.79. The van der Waals surface area contributed by atoms with E-state index in [1.54, 1.807) is 12.1 Å². The van der Waals surface area contributed by atoms with Crippen molar-refractivity contribution >= 4 is 21.6 Å². The second-order valence-corrected chi connectivity index (χ2v) is 8.58. The van der Waals surface area contributed by atoms with E-state index in [2.05, 4.69) is 10.6 Å². The Kier molecular flexibility index (Phi) is 5.81. The predicted molar refractivity (Wildman–Crippen MR) is 96.6 cm³/mol. The molecule has 0 radical (unpaired) electrons. The fourth-order valence-electron chi connectivity index (χ4n) is 3.35. The van der Waals surface area contributed by atoms with Gasteiger partial charge in [0.1, 0.15) is 10.6 Å². The topological polar surface area (TPSA) is 108 Å². The molecule has 8 nitrogen and oxygen atoms in total. The number of carbonyl (C=O) groups excluding carboxylic acids is 1. The molecule has 2 heterocycles. The first-order valence-electron chi connectivity index (χ1n) is 8.82. The van der Waals surface area contributed by atoms with Gasteiger partial charge in [-0.25, -0.2) is 8.42 Å². The Labute approximate surface area is 153 Å². The molecule has 2 atom stereocenters. The zero-order chi connectivity index (χ0) is 18.7. The summed E-state index contributed by atoms with van der Waals surface area (Å²) in [6, 6.07) is 4.10. The molecule has 0 saturated carbocycles. The minimum Gasteiger partial charge on any atom is -0.495 e. The highest BCUT2D eigenvalue weighted by molar-refractivity contribution is 7.89. The molecule has 2 aliphatic heterocycles. The van der Waals surface area contributed by atoms with Gasteiger partial charge in [-0.3, -0.25) is 4.79 Å². The lowest BCUT2D eigenvalue weighted by molar-refractivity contribution is -0.117. The van der Waals surface area contributed by atoms with Crippen molar-refractivity contribution < 1.29 is 23.1 Å². The minimum absolute atomic E-state index is 0.0547. The number of ether oxygens (including phenoxy) is 1. The molecule has 9 heteroatoms. The number of hydrogen-bond acceptors (Lipinski definition) is 6. The summed E-state index contributed by atoms with van der Waals surface area (Å²) in [5.74, 6) is -0.0453. The number of rotatable bonds is 5.